The van der Waals surface area contributed by atoms with Crippen LogP contribution in [-0.4, -0.2) is 147 Å². The molecule has 0 aliphatic carbocycles. The number of hydroxylamine groups is 2. The number of rotatable bonds is 18. The zero-order chi connectivity index (χ0) is 82.0. The Morgan fingerprint density at radius 2 is 0.393 bits per heavy atom. The first-order valence-corrected chi connectivity index (χ1v) is 32.7. The number of phenolic OH excluding ortho intramolecular Hbond substituents is 2. The summed E-state index contributed by atoms with van der Waals surface area (Å²) in [6.45, 7) is 0. The maximum absolute atomic E-state index is 11.8. The molecule has 0 atom stereocenters. The van der Waals surface area contributed by atoms with E-state index in [1.807, 2.05) is 48.5 Å². The second kappa shape index (κ2) is 62.3. The van der Waals surface area contributed by atoms with Gasteiger partial charge in [-0.3, -0.25) is 47.9 Å². The first-order valence-electron chi connectivity index (χ1n) is 32.7. The Morgan fingerprint density at radius 1 is 0.259 bits per heavy atom. The Labute approximate surface area is 733 Å². The Morgan fingerprint density at radius 3 is 0.527 bits per heavy atom. The largest absolute Gasteiger partial charge is 3.00 e. The van der Waals surface area contributed by atoms with E-state index in [0.717, 1.165) is 49.9 Å². The number of phenols is 2. The molecule has 112 heavy (non-hydrogen) atoms. The summed E-state index contributed by atoms with van der Waals surface area (Å²) >= 11 is 0. The smallest absolute Gasteiger partial charge is 0.872 e. The molecule has 0 aromatic heterocycles. The SMILES string of the molecule is CN(C)C=O.CN(C)C=O.CN(C)C=O.CN(C)C=O.O=C(/C=C(\[O-])c1ccccc1)c1ccccc1.O=C(/C=C(\[O-])c1ccccc1)c1ccccc1.O=C(/C=C(\[O-])c1ccccc1)c1ccccc1.O=C(/C=C(\[O-])c1ccccc1)c1ccccc1.O=C(N[O-])c1ccccc1O.O=C(N[O-])c1ccccc1O.[Eu+3].[Eu+3]. The van der Waals surface area contributed by atoms with Gasteiger partial charge in [0.05, 0.1) is 11.1 Å². The number of hydrogen-bond donors (Lipinski definition) is 4. The number of para-hydroxylation sites is 2. The van der Waals surface area contributed by atoms with E-state index in [1.165, 1.54) is 54.8 Å². The van der Waals surface area contributed by atoms with Gasteiger partial charge in [0, 0.05) is 78.6 Å². The molecule has 0 saturated heterocycles. The van der Waals surface area contributed by atoms with Crippen LogP contribution < -0.4 is 31.4 Å². The normalized spacial score (nSPS) is 9.80. The van der Waals surface area contributed by atoms with Crippen LogP contribution in [0.3, 0.4) is 0 Å². The number of ketones is 4. The fourth-order valence-electron chi connectivity index (χ4n) is 7.40. The van der Waals surface area contributed by atoms with Crippen LogP contribution >= 0.6 is 0 Å². The molecule has 10 aromatic carbocycles. The Bertz CT molecular complexity index is 3970. The molecule has 4 N–H and O–H groups in total. The molecule has 0 unspecified atom stereocenters. The van der Waals surface area contributed by atoms with E-state index in [1.54, 1.807) is 275 Å². The second-order valence-corrected chi connectivity index (χ2v) is 22.6. The molecule has 24 nitrogen and oxygen atoms in total. The second-order valence-electron chi connectivity index (χ2n) is 22.6. The van der Waals surface area contributed by atoms with Gasteiger partial charge in [-0.05, 0) is 70.8 Å². The van der Waals surface area contributed by atoms with Crippen LogP contribution in [-0.2, 0) is 19.2 Å². The molecule has 10 rings (SSSR count). The van der Waals surface area contributed by atoms with Gasteiger partial charge in [0.2, 0.25) is 37.5 Å². The van der Waals surface area contributed by atoms with Crippen LogP contribution in [0.25, 0.3) is 23.0 Å². The van der Waals surface area contributed by atoms with Crippen LogP contribution in [0.2, 0.25) is 0 Å². The summed E-state index contributed by atoms with van der Waals surface area (Å²) in [6.07, 6.45) is 7.52. The Kier molecular flexibility index (Phi) is 57.1. The van der Waals surface area contributed by atoms with Gasteiger partial charge in [-0.1, -0.05) is 290 Å². The number of allylic oxidation sites excluding steroid dienone is 4. The number of amides is 6. The topological polar surface area (TPSA) is 387 Å². The van der Waals surface area contributed by atoms with E-state index in [9.17, 15) is 78.8 Å². The van der Waals surface area contributed by atoms with Gasteiger partial charge >= 0.3 is 98.8 Å². The fourth-order valence-corrected chi connectivity index (χ4v) is 7.40. The summed E-state index contributed by atoms with van der Waals surface area (Å²) in [4.78, 5) is 112. The van der Waals surface area contributed by atoms with Gasteiger partial charge in [0.15, 0.2) is 23.1 Å². The molecule has 10 aromatic rings. The van der Waals surface area contributed by atoms with Crippen molar-refractivity contribution in [2.45, 2.75) is 0 Å². The van der Waals surface area contributed by atoms with Crippen molar-refractivity contribution < 1.29 is 177 Å². The van der Waals surface area contributed by atoms with Crippen LogP contribution in [0.1, 0.15) is 84.4 Å². The molecule has 0 saturated carbocycles. The van der Waals surface area contributed by atoms with Crippen LogP contribution in [0.5, 0.6) is 11.5 Å². The molecule has 26 heteroatoms. The summed E-state index contributed by atoms with van der Waals surface area (Å²) in [6, 6.07) is 81.7. The van der Waals surface area contributed by atoms with E-state index >= 15 is 0 Å². The van der Waals surface area contributed by atoms with Crippen molar-refractivity contribution in [1.82, 2.24) is 30.6 Å². The summed E-state index contributed by atoms with van der Waals surface area (Å²) in [7, 11) is 13.5. The zero-order valence-corrected chi connectivity index (χ0v) is 67.2. The van der Waals surface area contributed by atoms with Crippen molar-refractivity contribution in [3.63, 3.8) is 0 Å². The van der Waals surface area contributed by atoms with E-state index < -0.39 is 11.8 Å². The summed E-state index contributed by atoms with van der Waals surface area (Å²) in [5.74, 6) is -4.16. The standard InChI is InChI=1S/4C15H12O2.2C7H6NO3.4C3H7NO.2Eu/c4*16-14(12-7-3-1-4-8-12)11-15(17)13-9-5-2-6-10-13;2*9-6-4-2-1-3-5(6)7(10)8-11;4*1-4(2)3-5;;/h4*1-11,16H;2*1-4H,(H2-,8,9,10,11);4*3H,1-2H3;;/q;;;;2*-1;;;;;2*+3/p-4/b4*14-11-;;;;;;;;. The Hall–Kier alpha value is -11.5. The number of aromatic hydroxyl groups is 2. The van der Waals surface area contributed by atoms with Gasteiger partial charge in [0.1, 0.15) is 11.5 Å². The fraction of sp³-hybridized carbons (Fsp3) is 0.0930. The quantitative estimate of drug-likeness (QED) is 0.0204. The van der Waals surface area contributed by atoms with Crippen molar-refractivity contribution >= 4 is 83.6 Å². The average Bonchev–Trinajstić information content (AvgIpc) is 0.904. The molecule has 580 valence electrons. The molecule has 0 aliphatic rings. The third-order valence-electron chi connectivity index (χ3n) is 12.8. The minimum atomic E-state index is -0.830. The van der Waals surface area contributed by atoms with Gasteiger partial charge in [0.25, 0.3) is 0 Å². The maximum atomic E-state index is 11.8. The van der Waals surface area contributed by atoms with Crippen molar-refractivity contribution in [3.05, 3.63) is 382 Å². The van der Waals surface area contributed by atoms with Gasteiger partial charge in [-0.15, -0.1) is 0 Å². The molecule has 0 radical (unpaired) electrons. The first-order chi connectivity index (χ1) is 52.7. The monoisotopic (exact) mass is 1790 g/mol. The van der Waals surface area contributed by atoms with Crippen LogP contribution in [0, 0.1) is 109 Å². The van der Waals surface area contributed by atoms with E-state index in [4.69, 9.17) is 10.2 Å². The van der Waals surface area contributed by atoms with Crippen LogP contribution in [0.4, 0.5) is 0 Å². The first kappa shape index (κ1) is 103. The maximum Gasteiger partial charge on any atom is 3.00 e. The summed E-state index contributed by atoms with van der Waals surface area (Å²) < 4.78 is 0. The van der Waals surface area contributed by atoms with Crippen molar-refractivity contribution in [3.8, 4) is 11.5 Å². The molecule has 0 aliphatic heterocycles. The number of carbonyl (C=O) groups is 10. The number of hydrogen-bond acceptors (Lipinski definition) is 18. The average molecular weight is 1790 g/mol. The van der Waals surface area contributed by atoms with Gasteiger partial charge in [-0.25, -0.2) is 0 Å². The minimum absolute atomic E-state index is 0. The molecule has 0 heterocycles. The van der Waals surface area contributed by atoms with E-state index in [2.05, 4.69) is 0 Å². The van der Waals surface area contributed by atoms with Crippen molar-refractivity contribution in [2.24, 2.45) is 0 Å². The predicted octanol–water partition coefficient (Wildman–Crippen LogP) is 9.14. The number of nitrogens with zero attached hydrogens (tertiary/aromatic N) is 4. The van der Waals surface area contributed by atoms with Crippen LogP contribution in [0.15, 0.2) is 315 Å². The molecule has 0 bridgehead atoms. The minimum Gasteiger partial charge on any atom is -0.872 e. The molecule has 6 amide bonds. The van der Waals surface area contributed by atoms with Gasteiger partial charge < -0.3 is 71.6 Å². The Balaban J connectivity index is 0. The summed E-state index contributed by atoms with van der Waals surface area (Å²) in [5.41, 5.74) is 6.52. The molecular weight excluding hydrogens is 1710 g/mol. The predicted molar refractivity (Wildman–Crippen MR) is 418 cm³/mol. The van der Waals surface area contributed by atoms with Crippen molar-refractivity contribution in [2.75, 3.05) is 56.4 Å². The number of benzene rings is 10. The van der Waals surface area contributed by atoms with E-state index in [-0.39, 0.29) is 168 Å². The molecular formula is C86H84Eu2N6O18. The van der Waals surface area contributed by atoms with Gasteiger partial charge in [-0.2, -0.15) is 0 Å². The van der Waals surface area contributed by atoms with E-state index in [0.29, 0.717) is 44.5 Å². The summed E-state index contributed by atoms with van der Waals surface area (Å²) in [5, 5.41) is 84.8. The zero-order valence-electron chi connectivity index (χ0n) is 62.3. The third-order valence-corrected chi connectivity index (χ3v) is 12.8. The third kappa shape index (κ3) is 46.1. The molecule has 0 spiro atoms. The molecule has 0 fully saturated rings. The number of carbonyl (C=O) groups excluding carboxylic acids is 10. The number of nitrogens with one attached hydrogen (secondary N) is 2. The van der Waals surface area contributed by atoms with Crippen molar-refractivity contribution in [1.29, 1.82) is 0 Å².